The second-order valence-corrected chi connectivity index (χ2v) is 23.0. The number of anilines is 2. The molecule has 5 fully saturated rings. The second-order valence-electron chi connectivity index (χ2n) is 23.0. The molecule has 13 rings (SSSR count). The number of likely N-dealkylation sites (tertiary alicyclic amines) is 2. The minimum Gasteiger partial charge on any atom is -0.507 e. The first-order valence-electron chi connectivity index (χ1n) is 28.2. The maximum atomic E-state index is 14.5. The third-order valence-corrected chi connectivity index (χ3v) is 17.7. The van der Waals surface area contributed by atoms with E-state index in [-0.39, 0.29) is 36.0 Å². The average Bonchev–Trinajstić information content (AvgIpc) is 4.48. The number of nitrogens with zero attached hydrogens (tertiary/aromatic N) is 10. The van der Waals surface area contributed by atoms with E-state index in [0.717, 1.165) is 111 Å². The number of aromatic nitrogens is 6. The molecule has 4 N–H and O–H groups in total. The summed E-state index contributed by atoms with van der Waals surface area (Å²) in [6.45, 7) is 9.74. The number of amidine groups is 1. The minimum absolute atomic E-state index is 0.00359. The molecule has 18 nitrogen and oxygen atoms in total. The van der Waals surface area contributed by atoms with Crippen LogP contribution in [-0.2, 0) is 15.4 Å². The van der Waals surface area contributed by atoms with Gasteiger partial charge >= 0.3 is 0 Å². The van der Waals surface area contributed by atoms with Gasteiger partial charge in [0, 0.05) is 97.8 Å². The molecular formula is C60H67FN12O6. The molecule has 2 bridgehead atoms. The summed E-state index contributed by atoms with van der Waals surface area (Å²) in [7, 11) is 0. The van der Waals surface area contributed by atoms with Gasteiger partial charge in [-0.2, -0.15) is 0 Å². The highest BCUT2D eigenvalue weighted by molar-refractivity contribution is 5.95. The van der Waals surface area contributed by atoms with Crippen LogP contribution in [0.15, 0.2) is 113 Å². The number of rotatable bonds is 13. The van der Waals surface area contributed by atoms with Crippen molar-refractivity contribution in [2.24, 2.45) is 11.1 Å². The van der Waals surface area contributed by atoms with Crippen LogP contribution in [0.4, 0.5) is 16.0 Å². The van der Waals surface area contributed by atoms with E-state index in [1.807, 2.05) is 69.4 Å². The summed E-state index contributed by atoms with van der Waals surface area (Å²) in [5, 5.41) is 43.4. The number of aliphatic hydroxyl groups excluding tert-OH is 1. The van der Waals surface area contributed by atoms with E-state index in [1.165, 1.54) is 11.6 Å². The molecule has 4 saturated heterocycles. The number of hydrogen-bond donors (Lipinski definition) is 4. The summed E-state index contributed by atoms with van der Waals surface area (Å²) in [5.41, 5.74) is 5.35. The molecule has 7 aromatic rings. The molecule has 410 valence electrons. The van der Waals surface area contributed by atoms with E-state index in [1.54, 1.807) is 41.3 Å². The van der Waals surface area contributed by atoms with Crippen molar-refractivity contribution in [2.75, 3.05) is 42.5 Å². The number of fused-ring (bicyclic) bond motifs is 3. The van der Waals surface area contributed by atoms with Crippen LogP contribution in [0.25, 0.3) is 33.4 Å². The molecule has 79 heavy (non-hydrogen) atoms. The van der Waals surface area contributed by atoms with Crippen LogP contribution in [0, 0.1) is 11.7 Å². The van der Waals surface area contributed by atoms with Gasteiger partial charge in [0.05, 0.1) is 23.5 Å². The Hall–Kier alpha value is -7.64. The lowest BCUT2D eigenvalue weighted by atomic mass is 9.87. The molecule has 19 heteroatoms. The number of amides is 1. The molecule has 3 aromatic carbocycles. The third kappa shape index (κ3) is 9.78. The first-order valence-corrected chi connectivity index (χ1v) is 28.2. The van der Waals surface area contributed by atoms with Crippen molar-refractivity contribution in [3.05, 3.63) is 126 Å². The van der Waals surface area contributed by atoms with Crippen LogP contribution in [0.2, 0.25) is 0 Å². The Morgan fingerprint density at radius 1 is 0.848 bits per heavy atom. The predicted octanol–water partition coefficient (Wildman–Crippen LogP) is 8.85. The first-order chi connectivity index (χ1) is 38.4. The maximum absolute atomic E-state index is 14.5. The van der Waals surface area contributed by atoms with Gasteiger partial charge < -0.3 is 54.2 Å². The van der Waals surface area contributed by atoms with Gasteiger partial charge in [-0.25, -0.2) is 14.4 Å². The van der Waals surface area contributed by atoms with E-state index in [0.29, 0.717) is 64.8 Å². The van der Waals surface area contributed by atoms with E-state index < -0.39 is 23.8 Å². The zero-order valence-electron chi connectivity index (χ0n) is 44.8. The molecule has 6 atom stereocenters. The van der Waals surface area contributed by atoms with Gasteiger partial charge in [0.25, 0.3) is 5.88 Å². The first kappa shape index (κ1) is 50.8. The number of oxime groups is 1. The van der Waals surface area contributed by atoms with Crippen molar-refractivity contribution < 1.29 is 33.5 Å². The number of halogens is 1. The summed E-state index contributed by atoms with van der Waals surface area (Å²) in [5.74, 6) is 1.40. The highest BCUT2D eigenvalue weighted by atomic mass is 19.1. The van der Waals surface area contributed by atoms with Gasteiger partial charge in [-0.15, -0.1) is 10.2 Å². The fourth-order valence-electron chi connectivity index (χ4n) is 13.5. The molecule has 1 amide bonds. The molecule has 2 unspecified atom stereocenters. The highest BCUT2D eigenvalue weighted by Gasteiger charge is 2.47. The van der Waals surface area contributed by atoms with Crippen LogP contribution >= 0.6 is 0 Å². The number of piperidine rings is 1. The quantitative estimate of drug-likeness (QED) is 0.0851. The summed E-state index contributed by atoms with van der Waals surface area (Å²) >= 11 is 0. The lowest BCUT2D eigenvalue weighted by molar-refractivity contribution is -0.134. The summed E-state index contributed by atoms with van der Waals surface area (Å²) in [4.78, 5) is 43.1. The monoisotopic (exact) mass is 1070 g/mol. The summed E-state index contributed by atoms with van der Waals surface area (Å²) in [6.07, 6.45) is 13.9. The van der Waals surface area contributed by atoms with Crippen molar-refractivity contribution >= 4 is 34.4 Å². The molecule has 0 radical (unpaired) electrons. The van der Waals surface area contributed by atoms with E-state index in [4.69, 9.17) is 24.1 Å². The maximum Gasteiger partial charge on any atom is 0.254 e. The zero-order chi connectivity index (χ0) is 53.9. The van der Waals surface area contributed by atoms with Crippen molar-refractivity contribution in [3.63, 3.8) is 0 Å². The number of piperazine rings is 1. The molecule has 6 aliphatic rings. The number of hydrogen-bond acceptors (Lipinski definition) is 16. The topological polar surface area (TPSA) is 207 Å². The van der Waals surface area contributed by atoms with Gasteiger partial charge in [-0.05, 0) is 117 Å². The fraction of sp³-hybridized carbons (Fsp3) is 0.450. The van der Waals surface area contributed by atoms with Gasteiger partial charge in [-0.1, -0.05) is 73.6 Å². The second kappa shape index (κ2) is 20.9. The van der Waals surface area contributed by atoms with Crippen LogP contribution < -0.4 is 19.9 Å². The molecule has 4 aromatic heterocycles. The molecule has 0 spiro atoms. The highest BCUT2D eigenvalue weighted by Crippen LogP contribution is 2.41. The number of aromatic hydroxyl groups is 1. The number of aromatic amines is 1. The molecule has 9 heterocycles. The normalized spacial score (nSPS) is 25.9. The standard InChI is InChI=1S/C60H67FN12O6/c1-35(2)55(58(76)72-34-43(74)26-50(72)57-65-60(3,79-69-57)39-14-12-37(13-15-39)45-8-4-6-10-48(45)61)53-28-54(68-78-53)77-44-20-18-40(19-21-44)70-24-22-36(23-25-70)38-29-63-59(64-30-38)73-41-16-17-42(73)33-71(32-41)51-31-62-56-47(51)27-49(66-67-56)46-9-5-7-11-52(46)75/h4-15,27-31,35-36,40-44,50,55,74-75H,16-26,32-34H2,1-3H3,(H,62,67)(H,65,69)/t40-,41?,42?,43-,44+,50+,55-,60+/m1/s1. The van der Waals surface area contributed by atoms with Gasteiger partial charge in [0.2, 0.25) is 17.6 Å². The van der Waals surface area contributed by atoms with E-state index in [9.17, 15) is 19.4 Å². The van der Waals surface area contributed by atoms with E-state index in [2.05, 4.69) is 57.9 Å². The van der Waals surface area contributed by atoms with Crippen LogP contribution in [0.3, 0.4) is 0 Å². The average molecular weight is 1070 g/mol. The molecule has 1 aliphatic carbocycles. The number of H-pyrrole nitrogens is 1. The molecule has 5 aliphatic heterocycles. The number of phenolic OH excluding ortho intramolecular Hbond substituents is 1. The number of nitrogens with one attached hydrogen (secondary N) is 2. The Bertz CT molecular complexity index is 3340. The Labute approximate surface area is 458 Å². The predicted molar refractivity (Wildman–Crippen MR) is 296 cm³/mol. The lowest BCUT2D eigenvalue weighted by Gasteiger charge is -2.42. The Kier molecular flexibility index (Phi) is 13.4. The zero-order valence-corrected chi connectivity index (χ0v) is 44.8. The number of phenols is 1. The van der Waals surface area contributed by atoms with Crippen molar-refractivity contribution in [3.8, 4) is 34.0 Å². The minimum atomic E-state index is -1.04. The largest absolute Gasteiger partial charge is 0.507 e. The Morgan fingerprint density at radius 2 is 1.56 bits per heavy atom. The number of para-hydroxylation sites is 1. The smallest absolute Gasteiger partial charge is 0.254 e. The summed E-state index contributed by atoms with van der Waals surface area (Å²) in [6, 6.07) is 25.7. The summed E-state index contributed by atoms with van der Waals surface area (Å²) < 4.78 is 26.8. The molecular weight excluding hydrogens is 1000 g/mol. The van der Waals surface area contributed by atoms with Crippen LogP contribution in [0.1, 0.15) is 107 Å². The number of aliphatic hydroxyl groups is 1. The third-order valence-electron chi connectivity index (χ3n) is 17.7. The van der Waals surface area contributed by atoms with E-state index >= 15 is 0 Å². The lowest BCUT2D eigenvalue weighted by Crippen LogP contribution is -2.54. The van der Waals surface area contributed by atoms with Crippen LogP contribution in [-0.4, -0.2) is 131 Å². The van der Waals surface area contributed by atoms with Gasteiger partial charge in [0.1, 0.15) is 23.6 Å². The van der Waals surface area contributed by atoms with Gasteiger partial charge in [-0.3, -0.25) is 4.79 Å². The fourth-order valence-corrected chi connectivity index (χ4v) is 13.5. The van der Waals surface area contributed by atoms with Crippen LogP contribution in [0.5, 0.6) is 11.6 Å². The Morgan fingerprint density at radius 3 is 2.28 bits per heavy atom. The Balaban J connectivity index is 0.578. The van der Waals surface area contributed by atoms with Crippen molar-refractivity contribution in [2.45, 2.75) is 132 Å². The number of ether oxygens (including phenoxy) is 1. The number of benzene rings is 3. The number of carbonyl (C=O) groups is 1. The number of carbonyl (C=O) groups excluding carboxylic acids is 1. The number of β-amino-alcohol motifs (C(OH)–C–C–N with tert-alkyl or cyclic N) is 1. The molecule has 1 saturated carbocycles. The SMILES string of the molecule is CC(C)[C@@H](C(=O)N1C[C@H](O)C[C@H]1C1=NO[C@@](C)(c2ccc(-c3ccccc3F)cc2)N1)c1cc(O[C@H]2CC[C@@H](N3CCC(c4cnc(N5C6CCC5CN(c5c[nH]c7nnc(-c8ccccc8O)cc57)C6)nc4)CC3)CC2)no1. The van der Waals surface area contributed by atoms with Crippen molar-refractivity contribution in [1.29, 1.82) is 0 Å². The van der Waals surface area contributed by atoms with Gasteiger partial charge in [0.15, 0.2) is 17.2 Å². The van der Waals surface area contributed by atoms with Crippen molar-refractivity contribution in [1.82, 2.24) is 45.4 Å².